The van der Waals surface area contributed by atoms with Gasteiger partial charge in [0.1, 0.15) is 8.31 Å². The summed E-state index contributed by atoms with van der Waals surface area (Å²) in [5, 5.41) is 6.67. The molecule has 18 heteroatoms. The minimum Gasteiger partial charge on any atom is -0.109 e. The Kier molecular flexibility index (Phi) is 21.6. The topological polar surface area (TPSA) is 0 Å². The normalized spacial score (nSPS) is 18.4. The molecule has 2 aromatic rings. The number of hydrogen-bond acceptors (Lipinski definition) is 0. The van der Waals surface area contributed by atoms with Crippen molar-refractivity contribution in [2.75, 3.05) is 0 Å². The van der Waals surface area contributed by atoms with Crippen molar-refractivity contribution in [3.05, 3.63) is 57.6 Å². The lowest BCUT2D eigenvalue weighted by Crippen LogP contribution is -2.75. The van der Waals surface area contributed by atoms with Gasteiger partial charge in [-0.05, 0) is 56.7 Å². The monoisotopic (exact) mass is 1460 g/mol. The Hall–Kier alpha value is 2.87. The zero-order valence-electron chi connectivity index (χ0n) is 60.1. The average molecular weight is 1460 g/mol. The van der Waals surface area contributed by atoms with E-state index in [9.17, 15) is 0 Å². The van der Waals surface area contributed by atoms with E-state index in [1.165, 1.54) is 5.67 Å². The lowest BCUT2D eigenvalue weighted by atomic mass is 10.1. The summed E-state index contributed by atoms with van der Waals surface area (Å²) in [5.41, 5.74) is 12.9. The maximum Gasteiger partial charge on any atom is 0.222 e. The van der Waals surface area contributed by atoms with Crippen molar-refractivity contribution in [1.82, 2.24) is 0 Å². The minimum atomic E-state index is -2.77. The molecule has 0 spiro atoms. The number of fused-ring (bicyclic) bond motifs is 1. The molecule has 451 valence electrons. The summed E-state index contributed by atoms with van der Waals surface area (Å²) in [6, 6.07) is 12.5. The maximum absolute atomic E-state index is 5.45. The third-order valence-electron chi connectivity index (χ3n) is 19.7. The van der Waals surface area contributed by atoms with Gasteiger partial charge in [0.2, 0.25) is 4.83 Å². The van der Waals surface area contributed by atoms with Gasteiger partial charge in [0, 0.05) is 113 Å². The van der Waals surface area contributed by atoms with E-state index in [4.69, 9.17) is 30.6 Å². The molecule has 78 heavy (non-hydrogen) atoms. The average Bonchev–Trinajstić information content (AvgIpc) is 3.02. The second-order valence-corrected chi connectivity index (χ2v) is 142. The summed E-state index contributed by atoms with van der Waals surface area (Å²) in [4.78, 5) is -2.77. The van der Waals surface area contributed by atoms with Crippen molar-refractivity contribution in [2.45, 2.75) is 303 Å². The van der Waals surface area contributed by atoms with Gasteiger partial charge in [0.15, 0.2) is 0 Å². The van der Waals surface area contributed by atoms with Crippen LogP contribution in [0.4, 0.5) is 0 Å². The van der Waals surface area contributed by atoms with Gasteiger partial charge < -0.3 is 0 Å². The van der Waals surface area contributed by atoms with E-state index < -0.39 is 126 Å². The first-order valence-corrected chi connectivity index (χ1v) is 89.7. The molecule has 0 bridgehead atoms. The van der Waals surface area contributed by atoms with Crippen LogP contribution in [-0.2, 0) is 8.57 Å². The third kappa shape index (κ3) is 13.8. The van der Waals surface area contributed by atoms with Gasteiger partial charge in [-0.15, -0.1) is 30.6 Å². The molecule has 1 atom stereocenters. The van der Waals surface area contributed by atoms with E-state index in [0.29, 0.717) is 24.1 Å². The van der Waals surface area contributed by atoms with Gasteiger partial charge in [-0.2, -0.15) is 0 Å². The minimum absolute atomic E-state index is 0.303. The fourth-order valence-corrected chi connectivity index (χ4v) is 167. The molecule has 0 aliphatic carbocycles. The lowest BCUT2D eigenvalue weighted by Gasteiger charge is -2.61. The zero-order valence-corrected chi connectivity index (χ0v) is 79.3. The van der Waals surface area contributed by atoms with Crippen molar-refractivity contribution >= 4 is 167 Å². The van der Waals surface area contributed by atoms with Gasteiger partial charge in [-0.25, -0.2) is 0 Å². The molecule has 2 aromatic carbocycles. The molecule has 0 saturated heterocycles. The van der Waals surface area contributed by atoms with E-state index in [-0.39, 0.29) is 0 Å². The highest BCUT2D eigenvalue weighted by Gasteiger charge is 2.65. The van der Waals surface area contributed by atoms with Gasteiger partial charge >= 0.3 is 0 Å². The molecule has 1 heterocycles. The standard InChI is InChI=1S/C60H133Br2Si16/c1-64(2,3)55(65(4,5)6)49-42-47(59(71(22,23)24,72(25,26)27)73(28,29)30)43-50-53(49)63(46-77(40,41)58(50)70(19,20)21)78(61,62)54-51(56(66(7,8)9)67(10,11)12)44-48(45-52(54)57(68(13,14)15)69(16,17)18)60(74(31,32)33,75(34,35)36)76(37,38)39/h42-45,55-58H,46H2,1-41H3. The van der Waals surface area contributed by atoms with Crippen LogP contribution in [0.15, 0.2) is 24.3 Å². The van der Waals surface area contributed by atoms with Gasteiger partial charge in [0.25, 0.3) is 0 Å². The molecule has 0 nitrogen and oxygen atoms in total. The van der Waals surface area contributed by atoms with Crippen LogP contribution in [0, 0.1) is 0 Å². The van der Waals surface area contributed by atoms with E-state index in [0.717, 1.165) is 5.16 Å². The summed E-state index contributed by atoms with van der Waals surface area (Å²) in [6.07, 6.45) is 0. The van der Waals surface area contributed by atoms with Crippen LogP contribution in [0.1, 0.15) is 54.0 Å². The van der Waals surface area contributed by atoms with Crippen molar-refractivity contribution in [1.29, 1.82) is 0 Å². The van der Waals surface area contributed by atoms with Crippen LogP contribution in [0.25, 0.3) is 0 Å². The molecule has 0 fully saturated rings. The molecule has 1 aliphatic heterocycles. The Bertz CT molecular complexity index is 2310. The van der Waals surface area contributed by atoms with Crippen LogP contribution in [0.3, 0.4) is 0 Å². The van der Waals surface area contributed by atoms with Crippen LogP contribution in [0.5, 0.6) is 0 Å². The van der Waals surface area contributed by atoms with Crippen LogP contribution >= 0.6 is 30.6 Å². The Morgan fingerprint density at radius 2 is 0.615 bits per heavy atom. The molecular formula is C60H133Br2Si16. The highest BCUT2D eigenvalue weighted by atomic mass is 79.9. The SMILES string of the molecule is C[Si](C)(C)C(c1cc(C([Si](C)(C)C)([Si](C)(C)C)[Si](C)(C)C)cc2c1[Si]([Si](Br)(Br)c1c(C([Si](C)(C)C)[Si](C)(C)C)cc(C([Si](C)(C)C)([Si](C)(C)C)[Si](C)(C)C)cc1C([Si](C)(C)C)[Si](C)(C)C)C[Si](C)(C)C2[Si](C)(C)C)[Si](C)(C)C. The number of benzene rings is 2. The number of hydrogen-bond donors (Lipinski definition) is 0. The highest BCUT2D eigenvalue weighted by Crippen LogP contribution is 2.56. The van der Waals surface area contributed by atoms with Crippen molar-refractivity contribution in [3.63, 3.8) is 0 Å². The molecule has 0 N–H and O–H groups in total. The number of rotatable bonds is 20. The highest BCUT2D eigenvalue weighted by molar-refractivity contribution is 9.54. The van der Waals surface area contributed by atoms with Gasteiger partial charge in [0.05, 0.1) is 0 Å². The Morgan fingerprint density at radius 1 is 0.385 bits per heavy atom. The molecule has 0 aromatic heterocycles. The first-order chi connectivity index (χ1) is 33.5. The molecule has 1 aliphatic rings. The van der Waals surface area contributed by atoms with E-state index >= 15 is 0 Å². The Balaban J connectivity index is 3.29. The molecule has 1 radical (unpaired) electrons. The fourth-order valence-electron chi connectivity index (χ4n) is 22.6. The first-order valence-electron chi connectivity index (χ1n) is 31.1. The summed E-state index contributed by atoms with van der Waals surface area (Å²) >= 11 is 10.9. The summed E-state index contributed by atoms with van der Waals surface area (Å²) in [6.45, 7) is 116. The molecule has 1 unspecified atom stereocenters. The van der Waals surface area contributed by atoms with Crippen LogP contribution in [-0.4, -0.2) is 126 Å². The van der Waals surface area contributed by atoms with Crippen LogP contribution in [0.2, 0.25) is 274 Å². The Labute approximate surface area is 522 Å². The summed E-state index contributed by atoms with van der Waals surface area (Å²) in [7, 11) is -27.1. The lowest BCUT2D eigenvalue weighted by molar-refractivity contribution is 0.992. The largest absolute Gasteiger partial charge is 0.222 e. The predicted octanol–water partition coefficient (Wildman–Crippen LogP) is 21.6. The summed E-state index contributed by atoms with van der Waals surface area (Å²) in [5.74, 6) is 0. The quantitative estimate of drug-likeness (QED) is 0.0916. The smallest absolute Gasteiger partial charge is 0.109 e. The van der Waals surface area contributed by atoms with E-state index in [1.54, 1.807) is 0 Å². The van der Waals surface area contributed by atoms with E-state index in [2.05, 4.69) is 293 Å². The van der Waals surface area contributed by atoms with Gasteiger partial charge in [-0.3, -0.25) is 0 Å². The van der Waals surface area contributed by atoms with Crippen molar-refractivity contribution < 1.29 is 0 Å². The third-order valence-corrected chi connectivity index (χ3v) is 123. The molecule has 0 saturated carbocycles. The van der Waals surface area contributed by atoms with E-state index in [1.807, 2.05) is 43.8 Å². The second-order valence-electron chi connectivity index (χ2n) is 40.6. The number of halogens is 2. The fraction of sp³-hybridized carbons (Fsp3) is 0.800. The molecular weight excluding hydrogens is 1330 g/mol. The summed E-state index contributed by atoms with van der Waals surface area (Å²) < 4.78 is 0.629. The maximum atomic E-state index is 5.45. The zero-order chi connectivity index (χ0) is 62.5. The van der Waals surface area contributed by atoms with Crippen molar-refractivity contribution in [3.8, 4) is 0 Å². The van der Waals surface area contributed by atoms with Crippen LogP contribution < -0.4 is 10.4 Å². The predicted molar refractivity (Wildman–Crippen MR) is 422 cm³/mol. The van der Waals surface area contributed by atoms with Crippen molar-refractivity contribution in [2.24, 2.45) is 0 Å². The van der Waals surface area contributed by atoms with Gasteiger partial charge in [-0.1, -0.05) is 315 Å². The second kappa shape index (κ2) is 22.4. The molecule has 0 amide bonds. The first kappa shape index (κ1) is 75.1. The molecule has 3 rings (SSSR count). The Morgan fingerprint density at radius 3 is 0.846 bits per heavy atom.